The van der Waals surface area contributed by atoms with Crippen LogP contribution in [0.3, 0.4) is 0 Å². The minimum absolute atomic E-state index is 0.206. The largest absolute Gasteiger partial charge is 0.497 e. The van der Waals surface area contributed by atoms with Crippen molar-refractivity contribution in [3.05, 3.63) is 60.3 Å². The molecule has 7 nitrogen and oxygen atoms in total. The highest BCUT2D eigenvalue weighted by molar-refractivity contribution is 5.40. The summed E-state index contributed by atoms with van der Waals surface area (Å²) in [6, 6.07) is 9.31. The van der Waals surface area contributed by atoms with Crippen molar-refractivity contribution in [3.63, 3.8) is 0 Å². The normalized spacial score (nSPS) is 11.8. The third-order valence-corrected chi connectivity index (χ3v) is 3.68. The first-order chi connectivity index (χ1) is 11.7. The summed E-state index contributed by atoms with van der Waals surface area (Å²) >= 11 is 0. The number of benzene rings is 1. The second kappa shape index (κ2) is 6.99. The molecule has 1 N–H and O–H groups in total. The standard InChI is InChI=1S/C17H19N5O2/c1-22-11-10-18-16(22)15(12-4-6-13(23-2)7-5-12)21-17-19-9-8-14(20-17)24-3/h4-11,15H,1-3H3,(H,19,20,21)/t15-/m1/s1. The number of hydrogen-bond donors (Lipinski definition) is 1. The summed E-state index contributed by atoms with van der Waals surface area (Å²) in [6.07, 6.45) is 5.32. The van der Waals surface area contributed by atoms with Crippen molar-refractivity contribution >= 4 is 5.95 Å². The van der Waals surface area contributed by atoms with Crippen molar-refractivity contribution < 1.29 is 9.47 Å². The number of rotatable bonds is 6. The van der Waals surface area contributed by atoms with Gasteiger partial charge in [-0.2, -0.15) is 4.98 Å². The average molecular weight is 325 g/mol. The molecule has 3 rings (SSSR count). The summed E-state index contributed by atoms with van der Waals surface area (Å²) < 4.78 is 12.3. The smallest absolute Gasteiger partial charge is 0.226 e. The lowest BCUT2D eigenvalue weighted by atomic mass is 10.1. The zero-order valence-corrected chi connectivity index (χ0v) is 13.8. The molecule has 3 aromatic rings. The summed E-state index contributed by atoms with van der Waals surface area (Å²) in [4.78, 5) is 13.0. The van der Waals surface area contributed by atoms with Crippen molar-refractivity contribution in [2.24, 2.45) is 7.05 Å². The fourth-order valence-corrected chi connectivity index (χ4v) is 2.40. The van der Waals surface area contributed by atoms with E-state index in [0.717, 1.165) is 17.1 Å². The van der Waals surface area contributed by atoms with E-state index >= 15 is 0 Å². The summed E-state index contributed by atoms with van der Waals surface area (Å²) in [6.45, 7) is 0. The van der Waals surface area contributed by atoms with Gasteiger partial charge in [0.15, 0.2) is 0 Å². The molecule has 0 saturated heterocycles. The SMILES string of the molecule is COc1ccc([C@@H](Nc2nccc(OC)n2)c2nccn2C)cc1. The first kappa shape index (κ1) is 15.8. The topological polar surface area (TPSA) is 74.1 Å². The highest BCUT2D eigenvalue weighted by Crippen LogP contribution is 2.26. The van der Waals surface area contributed by atoms with Crippen LogP contribution in [0.15, 0.2) is 48.9 Å². The molecule has 0 aliphatic rings. The first-order valence-corrected chi connectivity index (χ1v) is 7.46. The van der Waals surface area contributed by atoms with Gasteiger partial charge in [-0.25, -0.2) is 9.97 Å². The number of ether oxygens (including phenoxy) is 2. The molecule has 24 heavy (non-hydrogen) atoms. The Morgan fingerprint density at radius 3 is 2.42 bits per heavy atom. The minimum atomic E-state index is -0.206. The second-order valence-corrected chi connectivity index (χ2v) is 5.17. The number of hydrogen-bond acceptors (Lipinski definition) is 6. The highest BCUT2D eigenvalue weighted by Gasteiger charge is 2.19. The molecule has 2 aromatic heterocycles. The summed E-state index contributed by atoms with van der Waals surface area (Å²) in [5.41, 5.74) is 1.02. The molecule has 0 radical (unpaired) electrons. The molecule has 0 spiro atoms. The van der Waals surface area contributed by atoms with E-state index in [4.69, 9.17) is 9.47 Å². The van der Waals surface area contributed by atoms with Crippen LogP contribution in [0.5, 0.6) is 11.6 Å². The van der Waals surface area contributed by atoms with Crippen LogP contribution in [0.1, 0.15) is 17.4 Å². The maximum atomic E-state index is 5.23. The third-order valence-electron chi connectivity index (χ3n) is 3.68. The van der Waals surface area contributed by atoms with E-state index in [9.17, 15) is 0 Å². The number of aryl methyl sites for hydroxylation is 1. The number of imidazole rings is 1. The van der Waals surface area contributed by atoms with Crippen molar-refractivity contribution in [2.75, 3.05) is 19.5 Å². The molecular weight excluding hydrogens is 306 g/mol. The predicted molar refractivity (Wildman–Crippen MR) is 90.3 cm³/mol. The van der Waals surface area contributed by atoms with Crippen LogP contribution in [0, 0.1) is 0 Å². The van der Waals surface area contributed by atoms with Crippen molar-refractivity contribution in [1.82, 2.24) is 19.5 Å². The number of nitrogens with one attached hydrogen (secondary N) is 1. The van der Waals surface area contributed by atoms with E-state index in [0.29, 0.717) is 11.8 Å². The average Bonchev–Trinajstić information content (AvgIpc) is 3.06. The van der Waals surface area contributed by atoms with Gasteiger partial charge in [0.25, 0.3) is 0 Å². The summed E-state index contributed by atoms with van der Waals surface area (Å²) in [5, 5.41) is 3.32. The first-order valence-electron chi connectivity index (χ1n) is 7.46. The van der Waals surface area contributed by atoms with Gasteiger partial charge in [-0.15, -0.1) is 0 Å². The van der Waals surface area contributed by atoms with Gasteiger partial charge >= 0.3 is 0 Å². The van der Waals surface area contributed by atoms with E-state index in [2.05, 4.69) is 20.3 Å². The van der Waals surface area contributed by atoms with Crippen molar-refractivity contribution in [1.29, 1.82) is 0 Å². The maximum Gasteiger partial charge on any atom is 0.226 e. The molecule has 124 valence electrons. The molecule has 0 aliphatic heterocycles. The fraction of sp³-hybridized carbons (Fsp3) is 0.235. The van der Waals surface area contributed by atoms with E-state index in [1.54, 1.807) is 32.7 Å². The van der Waals surface area contributed by atoms with Crippen molar-refractivity contribution in [3.8, 4) is 11.6 Å². The second-order valence-electron chi connectivity index (χ2n) is 5.17. The molecule has 7 heteroatoms. The fourth-order valence-electron chi connectivity index (χ4n) is 2.40. The van der Waals surface area contributed by atoms with Crippen LogP contribution in [-0.4, -0.2) is 33.7 Å². The van der Waals surface area contributed by atoms with Gasteiger partial charge in [0.1, 0.15) is 17.6 Å². The van der Waals surface area contributed by atoms with Gasteiger partial charge < -0.3 is 19.4 Å². The lowest BCUT2D eigenvalue weighted by molar-refractivity contribution is 0.397. The van der Waals surface area contributed by atoms with Gasteiger partial charge in [-0.1, -0.05) is 12.1 Å². The molecule has 0 bridgehead atoms. The molecule has 1 aromatic carbocycles. The lowest BCUT2D eigenvalue weighted by Crippen LogP contribution is -2.18. The van der Waals surface area contributed by atoms with Gasteiger partial charge in [0, 0.05) is 31.7 Å². The monoisotopic (exact) mass is 325 g/mol. The molecule has 2 heterocycles. The Hall–Kier alpha value is -3.09. The number of methoxy groups -OCH3 is 2. The van der Waals surface area contributed by atoms with Gasteiger partial charge in [0.2, 0.25) is 11.8 Å². The molecule has 0 aliphatic carbocycles. The van der Waals surface area contributed by atoms with Crippen LogP contribution in [0.25, 0.3) is 0 Å². The zero-order valence-electron chi connectivity index (χ0n) is 13.8. The van der Waals surface area contributed by atoms with Crippen LogP contribution in [-0.2, 0) is 7.05 Å². The zero-order chi connectivity index (χ0) is 16.9. The summed E-state index contributed by atoms with van der Waals surface area (Å²) in [7, 11) is 5.17. The third kappa shape index (κ3) is 3.29. The highest BCUT2D eigenvalue weighted by atomic mass is 16.5. The number of aromatic nitrogens is 4. The maximum absolute atomic E-state index is 5.23. The Labute approximate surface area is 140 Å². The molecule has 0 saturated carbocycles. The lowest BCUT2D eigenvalue weighted by Gasteiger charge is -2.19. The molecule has 0 unspecified atom stereocenters. The van der Waals surface area contributed by atoms with Crippen LogP contribution < -0.4 is 14.8 Å². The van der Waals surface area contributed by atoms with Gasteiger partial charge in [-0.05, 0) is 17.7 Å². The molecule has 0 fully saturated rings. The van der Waals surface area contributed by atoms with E-state index in [-0.39, 0.29) is 6.04 Å². The van der Waals surface area contributed by atoms with Gasteiger partial charge in [0.05, 0.1) is 14.2 Å². The Kier molecular flexibility index (Phi) is 4.60. The Morgan fingerprint density at radius 2 is 1.79 bits per heavy atom. The summed E-state index contributed by atoms with van der Waals surface area (Å²) in [5.74, 6) is 2.63. The molecular formula is C17H19N5O2. The quantitative estimate of drug-likeness (QED) is 0.750. The molecule has 0 amide bonds. The predicted octanol–water partition coefficient (Wildman–Crippen LogP) is 2.43. The van der Waals surface area contributed by atoms with Crippen molar-refractivity contribution in [2.45, 2.75) is 6.04 Å². The van der Waals surface area contributed by atoms with Crippen LogP contribution >= 0.6 is 0 Å². The van der Waals surface area contributed by atoms with E-state index in [1.165, 1.54) is 0 Å². The Bertz CT molecular complexity index is 801. The number of anilines is 1. The van der Waals surface area contributed by atoms with Crippen LogP contribution in [0.2, 0.25) is 0 Å². The van der Waals surface area contributed by atoms with E-state index < -0.39 is 0 Å². The van der Waals surface area contributed by atoms with Crippen LogP contribution in [0.4, 0.5) is 5.95 Å². The molecule has 1 atom stereocenters. The Morgan fingerprint density at radius 1 is 1.00 bits per heavy atom. The minimum Gasteiger partial charge on any atom is -0.497 e. The van der Waals surface area contributed by atoms with Gasteiger partial charge in [-0.3, -0.25) is 0 Å². The Balaban J connectivity index is 1.96. The van der Waals surface area contributed by atoms with E-state index in [1.807, 2.05) is 42.1 Å². The number of nitrogens with zero attached hydrogens (tertiary/aromatic N) is 4.